The van der Waals surface area contributed by atoms with Gasteiger partial charge in [0.05, 0.1) is 5.02 Å². The van der Waals surface area contributed by atoms with E-state index in [0.29, 0.717) is 15.8 Å². The molecule has 0 aliphatic carbocycles. The van der Waals surface area contributed by atoms with Crippen LogP contribution in [-0.4, -0.2) is 11.1 Å². The van der Waals surface area contributed by atoms with E-state index < -0.39 is 5.97 Å². The highest BCUT2D eigenvalue weighted by atomic mass is 79.9. The molecule has 1 N–H and O–H groups in total. The molecule has 0 saturated heterocycles. The first-order chi connectivity index (χ1) is 8.97. The number of halogens is 3. The zero-order valence-electron chi connectivity index (χ0n) is 9.36. The summed E-state index contributed by atoms with van der Waals surface area (Å²) in [6, 6.07) is 9.42. The Labute approximate surface area is 127 Å². The second-order valence-corrected chi connectivity index (χ2v) is 5.38. The van der Waals surface area contributed by atoms with E-state index >= 15 is 0 Å². The summed E-state index contributed by atoms with van der Waals surface area (Å²) < 4.78 is 6.32. The van der Waals surface area contributed by atoms with Crippen molar-refractivity contribution in [1.82, 2.24) is 0 Å². The molecule has 0 bridgehead atoms. The highest BCUT2D eigenvalue weighted by Crippen LogP contribution is 2.34. The molecule has 3 nitrogen and oxygen atoms in total. The van der Waals surface area contributed by atoms with Crippen molar-refractivity contribution in [2.45, 2.75) is 0 Å². The topological polar surface area (TPSA) is 46.5 Å². The van der Waals surface area contributed by atoms with Crippen LogP contribution in [0.4, 0.5) is 0 Å². The molecule has 0 heterocycles. The fourth-order valence-corrected chi connectivity index (χ4v) is 2.32. The van der Waals surface area contributed by atoms with Gasteiger partial charge in [-0.2, -0.15) is 0 Å². The van der Waals surface area contributed by atoms with Crippen molar-refractivity contribution in [3.8, 4) is 11.5 Å². The molecule has 0 unspecified atom stereocenters. The molecule has 0 aliphatic heterocycles. The van der Waals surface area contributed by atoms with Gasteiger partial charge in [0, 0.05) is 9.50 Å². The van der Waals surface area contributed by atoms with Crippen LogP contribution in [0.1, 0.15) is 10.4 Å². The predicted octanol–water partition coefficient (Wildman–Crippen LogP) is 5.25. The minimum Gasteiger partial charge on any atom is -0.478 e. The SMILES string of the molecule is O=C(O)c1cc(Cl)ccc1Oc1ccc(Br)cc1Cl. The van der Waals surface area contributed by atoms with Gasteiger partial charge in [-0.1, -0.05) is 39.1 Å². The number of hydrogen-bond donors (Lipinski definition) is 1. The minimum absolute atomic E-state index is 0.0218. The molecule has 2 aromatic carbocycles. The van der Waals surface area contributed by atoms with Crippen molar-refractivity contribution in [3.63, 3.8) is 0 Å². The number of hydrogen-bond acceptors (Lipinski definition) is 2. The number of ether oxygens (including phenoxy) is 1. The van der Waals surface area contributed by atoms with E-state index in [1.807, 2.05) is 0 Å². The van der Waals surface area contributed by atoms with Crippen molar-refractivity contribution in [3.05, 3.63) is 56.5 Å². The molecule has 98 valence electrons. The normalized spacial score (nSPS) is 10.3. The van der Waals surface area contributed by atoms with E-state index in [1.165, 1.54) is 12.1 Å². The second-order valence-electron chi connectivity index (χ2n) is 3.62. The lowest BCUT2D eigenvalue weighted by atomic mass is 10.2. The van der Waals surface area contributed by atoms with E-state index in [9.17, 15) is 4.79 Å². The first-order valence-corrected chi connectivity index (χ1v) is 6.68. The van der Waals surface area contributed by atoms with Crippen LogP contribution in [0.5, 0.6) is 11.5 Å². The first-order valence-electron chi connectivity index (χ1n) is 5.13. The van der Waals surface area contributed by atoms with Gasteiger partial charge in [0.2, 0.25) is 0 Å². The lowest BCUT2D eigenvalue weighted by molar-refractivity contribution is 0.0694. The highest BCUT2D eigenvalue weighted by Gasteiger charge is 2.14. The maximum absolute atomic E-state index is 11.1. The number of carbonyl (C=O) groups is 1. The van der Waals surface area contributed by atoms with Gasteiger partial charge < -0.3 is 9.84 Å². The van der Waals surface area contributed by atoms with Crippen molar-refractivity contribution in [2.24, 2.45) is 0 Å². The van der Waals surface area contributed by atoms with Gasteiger partial charge in [0.1, 0.15) is 17.1 Å². The van der Waals surface area contributed by atoms with Crippen molar-refractivity contribution >= 4 is 45.1 Å². The second kappa shape index (κ2) is 5.82. The Bertz CT molecular complexity index is 644. The van der Waals surface area contributed by atoms with E-state index in [0.717, 1.165) is 4.47 Å². The van der Waals surface area contributed by atoms with Gasteiger partial charge in [-0.15, -0.1) is 0 Å². The van der Waals surface area contributed by atoms with E-state index in [4.69, 9.17) is 33.0 Å². The van der Waals surface area contributed by atoms with Crippen LogP contribution in [0.15, 0.2) is 40.9 Å². The predicted molar refractivity (Wildman–Crippen MR) is 77.6 cm³/mol. The molecule has 0 fully saturated rings. The van der Waals surface area contributed by atoms with Crippen LogP contribution in [0, 0.1) is 0 Å². The molecular weight excluding hydrogens is 355 g/mol. The molecule has 0 atom stereocenters. The quantitative estimate of drug-likeness (QED) is 0.812. The molecule has 0 spiro atoms. The Hall–Kier alpha value is -1.23. The number of rotatable bonds is 3. The van der Waals surface area contributed by atoms with Crippen LogP contribution in [0.25, 0.3) is 0 Å². The number of benzene rings is 2. The van der Waals surface area contributed by atoms with Crippen LogP contribution in [0.3, 0.4) is 0 Å². The van der Waals surface area contributed by atoms with Crippen molar-refractivity contribution in [1.29, 1.82) is 0 Å². The van der Waals surface area contributed by atoms with Gasteiger partial charge >= 0.3 is 5.97 Å². The fourth-order valence-electron chi connectivity index (χ4n) is 1.43. The van der Waals surface area contributed by atoms with E-state index in [2.05, 4.69) is 15.9 Å². The van der Waals surface area contributed by atoms with Gasteiger partial charge in [-0.05, 0) is 36.4 Å². The van der Waals surface area contributed by atoms with Crippen LogP contribution in [0.2, 0.25) is 10.0 Å². The Morgan fingerprint density at radius 1 is 1.11 bits per heavy atom. The first kappa shape index (κ1) is 14.2. The summed E-state index contributed by atoms with van der Waals surface area (Å²) in [7, 11) is 0. The molecule has 19 heavy (non-hydrogen) atoms. The third-order valence-corrected chi connectivity index (χ3v) is 3.31. The van der Waals surface area contributed by atoms with Gasteiger partial charge in [-0.3, -0.25) is 0 Å². The monoisotopic (exact) mass is 360 g/mol. The Kier molecular flexibility index (Phi) is 4.34. The Morgan fingerprint density at radius 2 is 1.79 bits per heavy atom. The molecule has 0 aromatic heterocycles. The Morgan fingerprint density at radius 3 is 2.42 bits per heavy atom. The summed E-state index contributed by atoms with van der Waals surface area (Å²) in [6.07, 6.45) is 0. The maximum Gasteiger partial charge on any atom is 0.339 e. The zero-order chi connectivity index (χ0) is 14.0. The molecule has 2 rings (SSSR count). The molecule has 0 aliphatic rings. The van der Waals surface area contributed by atoms with Gasteiger partial charge in [0.25, 0.3) is 0 Å². The van der Waals surface area contributed by atoms with Gasteiger partial charge in [-0.25, -0.2) is 4.79 Å². The molecule has 6 heteroatoms. The summed E-state index contributed by atoms with van der Waals surface area (Å²) in [4.78, 5) is 11.1. The standard InChI is InChI=1S/C13H7BrCl2O3/c14-7-1-3-12(10(16)5-7)19-11-4-2-8(15)6-9(11)13(17)18/h1-6H,(H,17,18). The number of carboxylic acids is 1. The molecule has 0 amide bonds. The summed E-state index contributed by atoms with van der Waals surface area (Å²) in [5.41, 5.74) is -0.0218. The highest BCUT2D eigenvalue weighted by molar-refractivity contribution is 9.10. The largest absolute Gasteiger partial charge is 0.478 e. The summed E-state index contributed by atoms with van der Waals surface area (Å²) in [5, 5.41) is 9.80. The van der Waals surface area contributed by atoms with Crippen molar-refractivity contribution in [2.75, 3.05) is 0 Å². The van der Waals surface area contributed by atoms with E-state index in [-0.39, 0.29) is 11.3 Å². The van der Waals surface area contributed by atoms with E-state index in [1.54, 1.807) is 24.3 Å². The molecule has 0 saturated carbocycles. The maximum atomic E-state index is 11.1. The van der Waals surface area contributed by atoms with Crippen LogP contribution < -0.4 is 4.74 Å². The van der Waals surface area contributed by atoms with Crippen LogP contribution in [-0.2, 0) is 0 Å². The smallest absolute Gasteiger partial charge is 0.339 e. The van der Waals surface area contributed by atoms with Gasteiger partial charge in [0.15, 0.2) is 0 Å². The zero-order valence-corrected chi connectivity index (χ0v) is 12.5. The third-order valence-electron chi connectivity index (χ3n) is 2.29. The lowest BCUT2D eigenvalue weighted by Crippen LogP contribution is -2.00. The number of aromatic carboxylic acids is 1. The average Bonchev–Trinajstić information content (AvgIpc) is 2.34. The average molecular weight is 362 g/mol. The molecule has 2 aromatic rings. The van der Waals surface area contributed by atoms with Crippen molar-refractivity contribution < 1.29 is 14.6 Å². The fraction of sp³-hybridized carbons (Fsp3) is 0. The lowest BCUT2D eigenvalue weighted by Gasteiger charge is -2.10. The molecular formula is C13H7BrCl2O3. The third kappa shape index (κ3) is 3.41. The summed E-state index contributed by atoms with van der Waals surface area (Å²) in [5.74, 6) is -0.568. The molecule has 0 radical (unpaired) electrons. The van der Waals surface area contributed by atoms with Crippen LogP contribution >= 0.6 is 39.1 Å². The Balaban J connectivity index is 2.40. The summed E-state index contributed by atoms with van der Waals surface area (Å²) >= 11 is 15.1. The number of carboxylic acid groups (broad SMARTS) is 1. The minimum atomic E-state index is -1.12. The summed E-state index contributed by atoms with van der Waals surface area (Å²) in [6.45, 7) is 0.